The number of benzene rings is 2. The minimum absolute atomic E-state index is 0.333. The molecule has 1 aliphatic carbocycles. The van der Waals surface area contributed by atoms with E-state index in [1.54, 1.807) is 29.1 Å². The zero-order valence-electron chi connectivity index (χ0n) is 20.6. The molecule has 1 heterocycles. The maximum atomic E-state index is 12.9. The summed E-state index contributed by atoms with van der Waals surface area (Å²) in [6.07, 6.45) is 10.6. The van der Waals surface area contributed by atoms with Crippen molar-refractivity contribution in [2.45, 2.75) is 57.9 Å². The van der Waals surface area contributed by atoms with E-state index in [4.69, 9.17) is 5.73 Å². The molecule has 8 nitrogen and oxygen atoms in total. The van der Waals surface area contributed by atoms with Crippen molar-refractivity contribution in [2.75, 3.05) is 5.32 Å². The summed E-state index contributed by atoms with van der Waals surface area (Å²) in [4.78, 5) is 37.8. The third kappa shape index (κ3) is 6.38. The molecule has 8 heteroatoms. The molecule has 0 aliphatic heterocycles. The first-order chi connectivity index (χ1) is 17.4. The number of primary amides is 1. The predicted octanol–water partition coefficient (Wildman–Crippen LogP) is 4.38. The van der Waals surface area contributed by atoms with Crippen LogP contribution in [0.5, 0.6) is 0 Å². The monoisotopic (exact) mass is 487 g/mol. The van der Waals surface area contributed by atoms with E-state index < -0.39 is 17.9 Å². The minimum Gasteiger partial charge on any atom is -0.368 e. The summed E-state index contributed by atoms with van der Waals surface area (Å²) in [6.45, 7) is 1.85. The van der Waals surface area contributed by atoms with Crippen molar-refractivity contribution >= 4 is 23.4 Å². The summed E-state index contributed by atoms with van der Waals surface area (Å²) in [6, 6.07) is 13.8. The van der Waals surface area contributed by atoms with Crippen molar-refractivity contribution in [2.24, 2.45) is 11.7 Å². The summed E-state index contributed by atoms with van der Waals surface area (Å²) in [5, 5.41) is 9.92. The SMILES string of the molecule is Cc1ccc(C(=O)N[C@@H](CCC2CCCCC2)C(N)=O)cc1NC(=O)c1cnn(-c2ccccc2)c1. The average Bonchev–Trinajstić information content (AvgIpc) is 3.39. The number of anilines is 1. The van der Waals surface area contributed by atoms with Gasteiger partial charge in [0.25, 0.3) is 11.8 Å². The fourth-order valence-corrected chi connectivity index (χ4v) is 4.66. The van der Waals surface area contributed by atoms with Gasteiger partial charge in [-0.3, -0.25) is 14.4 Å². The van der Waals surface area contributed by atoms with Crippen LogP contribution in [-0.2, 0) is 4.79 Å². The normalized spacial score (nSPS) is 14.7. The molecule has 1 aliphatic rings. The molecule has 0 spiro atoms. The molecule has 0 bridgehead atoms. The second kappa shape index (κ2) is 11.7. The Bertz CT molecular complexity index is 1210. The number of amides is 3. The highest BCUT2D eigenvalue weighted by Crippen LogP contribution is 2.28. The number of nitrogens with zero attached hydrogens (tertiary/aromatic N) is 2. The van der Waals surface area contributed by atoms with Gasteiger partial charge in [0.05, 0.1) is 17.4 Å². The zero-order chi connectivity index (χ0) is 25.5. The first-order valence-electron chi connectivity index (χ1n) is 12.5. The third-order valence-corrected chi connectivity index (χ3v) is 6.85. The lowest BCUT2D eigenvalue weighted by Crippen LogP contribution is -2.44. The van der Waals surface area contributed by atoms with E-state index in [9.17, 15) is 14.4 Å². The van der Waals surface area contributed by atoms with Crippen molar-refractivity contribution in [3.63, 3.8) is 0 Å². The van der Waals surface area contributed by atoms with Gasteiger partial charge in [-0.2, -0.15) is 5.10 Å². The molecule has 0 saturated heterocycles. The van der Waals surface area contributed by atoms with Crippen molar-refractivity contribution < 1.29 is 14.4 Å². The quantitative estimate of drug-likeness (QED) is 0.415. The van der Waals surface area contributed by atoms with E-state index >= 15 is 0 Å². The largest absolute Gasteiger partial charge is 0.368 e. The van der Waals surface area contributed by atoms with Crippen LogP contribution in [0, 0.1) is 12.8 Å². The van der Waals surface area contributed by atoms with E-state index in [0.717, 1.165) is 17.7 Å². The first-order valence-corrected chi connectivity index (χ1v) is 12.5. The van der Waals surface area contributed by atoms with E-state index in [1.165, 1.54) is 38.3 Å². The van der Waals surface area contributed by atoms with Gasteiger partial charge in [0.15, 0.2) is 0 Å². The van der Waals surface area contributed by atoms with Gasteiger partial charge in [-0.05, 0) is 55.5 Å². The van der Waals surface area contributed by atoms with Crippen LogP contribution in [0.2, 0.25) is 0 Å². The standard InChI is InChI=1S/C28H33N5O3/c1-19-12-14-21(27(35)31-24(26(29)34)15-13-20-8-4-2-5-9-20)16-25(19)32-28(36)22-17-30-33(18-22)23-10-6-3-7-11-23/h3,6-7,10-12,14,16-18,20,24H,2,4-5,8-9,13,15H2,1H3,(H2,29,34)(H,31,35)(H,32,36)/t24-/m0/s1. The number of hydrogen-bond donors (Lipinski definition) is 3. The van der Waals surface area contributed by atoms with Crippen LogP contribution in [-0.4, -0.2) is 33.5 Å². The number of aryl methyl sites for hydroxylation is 1. The number of carbonyl (C=O) groups is 3. The summed E-state index contributed by atoms with van der Waals surface area (Å²) in [7, 11) is 0. The number of nitrogens with one attached hydrogen (secondary N) is 2. The molecule has 188 valence electrons. The lowest BCUT2D eigenvalue weighted by molar-refractivity contribution is -0.120. The summed E-state index contributed by atoms with van der Waals surface area (Å²) in [5.74, 6) is -0.671. The first kappa shape index (κ1) is 25.2. The molecular weight excluding hydrogens is 454 g/mol. The Balaban J connectivity index is 1.41. The topological polar surface area (TPSA) is 119 Å². The van der Waals surface area contributed by atoms with Crippen molar-refractivity contribution in [1.82, 2.24) is 15.1 Å². The molecule has 36 heavy (non-hydrogen) atoms. The fraction of sp³-hybridized carbons (Fsp3) is 0.357. The molecule has 3 aromatic rings. The van der Waals surface area contributed by atoms with Crippen LogP contribution in [0.25, 0.3) is 5.69 Å². The Morgan fingerprint density at radius 3 is 2.50 bits per heavy atom. The maximum Gasteiger partial charge on any atom is 0.258 e. The van der Waals surface area contributed by atoms with E-state index in [1.807, 2.05) is 37.3 Å². The van der Waals surface area contributed by atoms with Gasteiger partial charge in [0.2, 0.25) is 5.91 Å². The zero-order valence-corrected chi connectivity index (χ0v) is 20.6. The number of rotatable bonds is 9. The van der Waals surface area contributed by atoms with Crippen molar-refractivity contribution in [3.8, 4) is 5.69 Å². The Morgan fingerprint density at radius 2 is 1.78 bits per heavy atom. The highest BCUT2D eigenvalue weighted by Gasteiger charge is 2.22. The van der Waals surface area contributed by atoms with Crippen LogP contribution in [0.15, 0.2) is 60.9 Å². The average molecular weight is 488 g/mol. The maximum absolute atomic E-state index is 12.9. The van der Waals surface area contributed by atoms with Crippen LogP contribution < -0.4 is 16.4 Å². The van der Waals surface area contributed by atoms with Crippen LogP contribution >= 0.6 is 0 Å². The molecule has 2 aromatic carbocycles. The summed E-state index contributed by atoms with van der Waals surface area (Å²) >= 11 is 0. The van der Waals surface area contributed by atoms with Crippen molar-refractivity contribution in [3.05, 3.63) is 77.6 Å². The molecule has 1 aromatic heterocycles. The summed E-state index contributed by atoms with van der Waals surface area (Å²) in [5.41, 5.74) is 8.49. The molecule has 4 N–H and O–H groups in total. The molecule has 3 amide bonds. The van der Waals surface area contributed by atoms with Gasteiger partial charge in [0, 0.05) is 17.4 Å². The van der Waals surface area contributed by atoms with Gasteiger partial charge in [0.1, 0.15) is 6.04 Å². The molecule has 1 atom stereocenters. The van der Waals surface area contributed by atoms with Crippen LogP contribution in [0.4, 0.5) is 5.69 Å². The molecule has 1 saturated carbocycles. The molecular formula is C28H33N5O3. The van der Waals surface area contributed by atoms with Gasteiger partial charge >= 0.3 is 0 Å². The van der Waals surface area contributed by atoms with Gasteiger partial charge < -0.3 is 16.4 Å². The van der Waals surface area contributed by atoms with Gasteiger partial charge in [-0.25, -0.2) is 4.68 Å². The Kier molecular flexibility index (Phi) is 8.15. The molecule has 4 rings (SSSR count). The molecule has 0 unspecified atom stereocenters. The molecule has 0 radical (unpaired) electrons. The van der Waals surface area contributed by atoms with Gasteiger partial charge in [-0.1, -0.05) is 56.4 Å². The minimum atomic E-state index is -0.720. The highest BCUT2D eigenvalue weighted by atomic mass is 16.2. The third-order valence-electron chi connectivity index (χ3n) is 6.85. The second-order valence-electron chi connectivity index (χ2n) is 9.50. The van der Waals surface area contributed by atoms with Crippen molar-refractivity contribution in [1.29, 1.82) is 0 Å². The van der Waals surface area contributed by atoms with Gasteiger partial charge in [-0.15, -0.1) is 0 Å². The Morgan fingerprint density at radius 1 is 1.03 bits per heavy atom. The number of nitrogens with two attached hydrogens (primary N) is 1. The Hall–Kier alpha value is -3.94. The highest BCUT2D eigenvalue weighted by molar-refractivity contribution is 6.05. The summed E-state index contributed by atoms with van der Waals surface area (Å²) < 4.78 is 1.63. The van der Waals surface area contributed by atoms with E-state index in [-0.39, 0.29) is 5.91 Å². The van der Waals surface area contributed by atoms with Crippen LogP contribution in [0.1, 0.15) is 71.2 Å². The second-order valence-corrected chi connectivity index (χ2v) is 9.50. The lowest BCUT2D eigenvalue weighted by atomic mass is 9.85. The number of carbonyl (C=O) groups excluding carboxylic acids is 3. The number of aromatic nitrogens is 2. The fourth-order valence-electron chi connectivity index (χ4n) is 4.66. The predicted molar refractivity (Wildman–Crippen MR) is 139 cm³/mol. The number of para-hydroxylation sites is 1. The van der Waals surface area contributed by atoms with E-state index in [2.05, 4.69) is 15.7 Å². The smallest absolute Gasteiger partial charge is 0.258 e. The van der Waals surface area contributed by atoms with Crippen LogP contribution in [0.3, 0.4) is 0 Å². The molecule has 1 fully saturated rings. The lowest BCUT2D eigenvalue weighted by Gasteiger charge is -2.23. The number of hydrogen-bond acceptors (Lipinski definition) is 4. The van der Waals surface area contributed by atoms with E-state index in [0.29, 0.717) is 29.2 Å². The Labute approximate surface area is 211 Å².